The van der Waals surface area contributed by atoms with Gasteiger partial charge in [0.05, 0.1) is 0 Å². The molecule has 0 N–H and O–H groups in total. The maximum Gasteiger partial charge on any atom is 0.455 e. The van der Waals surface area contributed by atoms with Crippen LogP contribution < -0.4 is 0 Å². The molecule has 0 saturated carbocycles. The molecular weight excluding hydrogens is 208 g/mol. The largest absolute Gasteiger partial charge is 0.455 e. The Morgan fingerprint density at radius 1 is 1.18 bits per heavy atom. The van der Waals surface area contributed by atoms with Gasteiger partial charge in [0.2, 0.25) is 0 Å². The zero-order valence-corrected chi connectivity index (χ0v) is 6.69. The van der Waals surface area contributed by atoms with Gasteiger partial charge in [-0.15, -0.1) is 4.28 Å². The van der Waals surface area contributed by atoms with Gasteiger partial charge in [0.1, 0.15) is 0 Å². The zero-order valence-electron chi connectivity index (χ0n) is 5.06. The summed E-state index contributed by atoms with van der Waals surface area (Å²) in [4.78, 5) is 0. The van der Waals surface area contributed by atoms with Crippen molar-refractivity contribution in [1.29, 1.82) is 0 Å². The van der Waals surface area contributed by atoms with E-state index in [-0.39, 0.29) is 0 Å². The fraction of sp³-hybridized carbons (Fsp3) is 1.00. The van der Waals surface area contributed by atoms with Crippen LogP contribution in [0, 0.1) is 0 Å². The van der Waals surface area contributed by atoms with Crippen molar-refractivity contribution in [1.82, 2.24) is 4.47 Å². The summed E-state index contributed by atoms with van der Waals surface area (Å²) in [6.07, 6.45) is 0. The Morgan fingerprint density at radius 3 is 1.64 bits per heavy atom. The Labute approximate surface area is 62.1 Å². The van der Waals surface area contributed by atoms with E-state index in [9.17, 15) is 24.6 Å². The van der Waals surface area contributed by atoms with Crippen molar-refractivity contribution in [2.45, 2.75) is 0 Å². The molecule has 0 aromatic heterocycles. The lowest BCUT2D eigenvalue weighted by atomic mass is 11.6. The number of rotatable bonds is 3. The van der Waals surface area contributed by atoms with Gasteiger partial charge in [-0.3, -0.25) is 0 Å². The van der Waals surface area contributed by atoms with Crippen molar-refractivity contribution in [2.24, 2.45) is 0 Å². The number of hydrogen-bond donors (Lipinski definition) is 0. The van der Waals surface area contributed by atoms with E-state index in [2.05, 4.69) is 4.28 Å². The van der Waals surface area contributed by atoms with Crippen LogP contribution in [0.4, 0.5) is 7.77 Å². The molecule has 0 rings (SSSR count). The predicted octanol–water partition coefficient (Wildman–Crippen LogP) is -0.722. The van der Waals surface area contributed by atoms with Gasteiger partial charge in [0.15, 0.2) is 0 Å². The fourth-order valence-electron chi connectivity index (χ4n) is 0.162. The molecule has 0 heterocycles. The van der Waals surface area contributed by atoms with Crippen molar-refractivity contribution < 1.29 is 28.9 Å². The Balaban J connectivity index is 4.47. The maximum atomic E-state index is 11.7. The molecule has 0 saturated heterocycles. The second-order valence-electron chi connectivity index (χ2n) is 1.32. The second-order valence-corrected chi connectivity index (χ2v) is 3.59. The van der Waals surface area contributed by atoms with Crippen LogP contribution in [0.25, 0.3) is 0 Å². The molecule has 0 bridgehead atoms. The average molecular weight is 211 g/mol. The van der Waals surface area contributed by atoms with Gasteiger partial charge in [0.25, 0.3) is 0 Å². The number of nitrogens with zero attached hydrogens (tertiary/aromatic N) is 1. The third kappa shape index (κ3) is 5.01. The predicted molar refractivity (Wildman–Crippen MR) is 28.9 cm³/mol. The van der Waals surface area contributed by atoms with Crippen LogP contribution in [-0.4, -0.2) is 28.4 Å². The molecule has 0 fully saturated rings. The van der Waals surface area contributed by atoms with Crippen molar-refractivity contribution in [3.63, 3.8) is 0 Å². The molecule has 0 radical (unpaired) electrons. The average Bonchev–Trinajstić information content (AvgIpc) is 1.56. The molecule has 10 heteroatoms. The zero-order chi connectivity index (χ0) is 9.28. The van der Waals surface area contributed by atoms with E-state index < -0.39 is 25.4 Å². The minimum absolute atomic E-state index is 0.381. The van der Waals surface area contributed by atoms with E-state index in [0.717, 1.165) is 0 Å². The fourth-order valence-corrected chi connectivity index (χ4v) is 0.921. The lowest BCUT2D eigenvalue weighted by Gasteiger charge is -2.05. The van der Waals surface area contributed by atoms with Crippen LogP contribution in [0.2, 0.25) is 0 Å². The highest BCUT2D eigenvalue weighted by Crippen LogP contribution is 2.04. The lowest BCUT2D eigenvalue weighted by molar-refractivity contribution is 0.0578. The van der Waals surface area contributed by atoms with E-state index in [1.807, 2.05) is 0 Å². The number of hydroxylamine groups is 1. The standard InChI is InChI=1S/CH3F2NO5S2/c1-4(10(2,5)6)9-11(3,7)8/h1H3. The van der Waals surface area contributed by atoms with Crippen LogP contribution in [0.5, 0.6) is 0 Å². The van der Waals surface area contributed by atoms with Gasteiger partial charge >= 0.3 is 20.9 Å². The van der Waals surface area contributed by atoms with Gasteiger partial charge in [-0.1, -0.05) is 7.77 Å². The first-order valence-corrected chi connectivity index (χ1v) is 4.60. The molecular formula is CH3F2NO5S2. The SMILES string of the molecule is CN(OS(=O)(=O)F)S(=O)(=O)F. The van der Waals surface area contributed by atoms with E-state index >= 15 is 0 Å². The highest BCUT2D eigenvalue weighted by molar-refractivity contribution is 7.85. The highest BCUT2D eigenvalue weighted by Gasteiger charge is 2.23. The van der Waals surface area contributed by atoms with Crippen molar-refractivity contribution in [3.05, 3.63) is 0 Å². The van der Waals surface area contributed by atoms with Crippen molar-refractivity contribution >= 4 is 20.9 Å². The van der Waals surface area contributed by atoms with Gasteiger partial charge < -0.3 is 0 Å². The quantitative estimate of drug-likeness (QED) is 0.454. The van der Waals surface area contributed by atoms with Crippen LogP contribution >= 0.6 is 0 Å². The Hall–Kier alpha value is -0.320. The molecule has 0 aliphatic heterocycles. The molecule has 68 valence electrons. The monoisotopic (exact) mass is 211 g/mol. The summed E-state index contributed by atoms with van der Waals surface area (Å²) in [7, 11) is -10.5. The minimum atomic E-state index is -5.50. The summed E-state index contributed by atoms with van der Waals surface area (Å²) in [6, 6.07) is 0. The molecule has 6 nitrogen and oxygen atoms in total. The summed E-state index contributed by atoms with van der Waals surface area (Å²) in [6.45, 7) is 0. The minimum Gasteiger partial charge on any atom is -0.175 e. The van der Waals surface area contributed by atoms with E-state index in [4.69, 9.17) is 0 Å². The summed E-state index contributed by atoms with van der Waals surface area (Å²) >= 11 is 0. The normalized spacial score (nSPS) is 13.8. The summed E-state index contributed by atoms with van der Waals surface area (Å²) in [5.74, 6) is 0. The van der Waals surface area contributed by atoms with E-state index in [1.165, 1.54) is 0 Å². The van der Waals surface area contributed by atoms with Gasteiger partial charge in [-0.2, -0.15) is 16.8 Å². The molecule has 0 aromatic rings. The van der Waals surface area contributed by atoms with E-state index in [0.29, 0.717) is 7.05 Å². The summed E-state index contributed by atoms with van der Waals surface area (Å²) < 4.78 is 63.8. The first-order chi connectivity index (χ1) is 4.63. The first kappa shape index (κ1) is 10.7. The molecule has 0 unspecified atom stereocenters. The Morgan fingerprint density at radius 2 is 1.55 bits per heavy atom. The third-order valence-corrected chi connectivity index (χ3v) is 1.69. The van der Waals surface area contributed by atoms with E-state index in [1.54, 1.807) is 0 Å². The van der Waals surface area contributed by atoms with Crippen LogP contribution in [0.15, 0.2) is 0 Å². The topological polar surface area (TPSA) is 80.8 Å². The van der Waals surface area contributed by atoms with Gasteiger partial charge in [0, 0.05) is 7.05 Å². The molecule has 0 amide bonds. The summed E-state index contributed by atoms with van der Waals surface area (Å²) in [5, 5.41) is 0. The molecule has 0 aliphatic carbocycles. The lowest BCUT2D eigenvalue weighted by Crippen LogP contribution is -2.25. The highest BCUT2D eigenvalue weighted by atomic mass is 32.3. The van der Waals surface area contributed by atoms with Crippen molar-refractivity contribution in [3.8, 4) is 0 Å². The molecule has 11 heavy (non-hydrogen) atoms. The van der Waals surface area contributed by atoms with Crippen LogP contribution in [-0.2, 0) is 25.2 Å². The first-order valence-electron chi connectivity index (χ1n) is 1.95. The maximum absolute atomic E-state index is 11.7. The van der Waals surface area contributed by atoms with Gasteiger partial charge in [-0.05, 0) is 4.47 Å². The summed E-state index contributed by atoms with van der Waals surface area (Å²) in [5.41, 5.74) is 0. The number of halogens is 2. The number of hydrogen-bond acceptors (Lipinski definition) is 5. The molecule has 0 aromatic carbocycles. The third-order valence-electron chi connectivity index (χ3n) is 0.501. The Kier molecular flexibility index (Phi) is 2.88. The van der Waals surface area contributed by atoms with Crippen LogP contribution in [0.3, 0.4) is 0 Å². The second kappa shape index (κ2) is 2.97. The van der Waals surface area contributed by atoms with Crippen molar-refractivity contribution in [2.75, 3.05) is 7.05 Å². The van der Waals surface area contributed by atoms with Crippen LogP contribution in [0.1, 0.15) is 0 Å². The smallest absolute Gasteiger partial charge is 0.175 e. The Bertz CT molecular complexity index is 316. The molecule has 0 spiro atoms. The van der Waals surface area contributed by atoms with Gasteiger partial charge in [-0.25, -0.2) is 0 Å². The molecule has 0 aliphatic rings. The molecule has 0 atom stereocenters.